The number of alkyl halides is 2. The Labute approximate surface area is 227 Å². The molecule has 0 heterocycles. The molecule has 182 valence electrons. The Morgan fingerprint density at radius 1 is 0.971 bits per heavy atom. The van der Waals surface area contributed by atoms with Crippen LogP contribution in [-0.4, -0.2) is 16.1 Å². The average molecular weight is 624 g/mol. The maximum atomic E-state index is 14.2. The van der Waals surface area contributed by atoms with Crippen LogP contribution in [0.4, 0.5) is 25.8 Å². The lowest BCUT2D eigenvalue weighted by molar-refractivity contribution is -0.117. The summed E-state index contributed by atoms with van der Waals surface area (Å²) in [5.74, 6) is -4.64. The second-order valence-corrected chi connectivity index (χ2v) is 10.9. The Bertz CT molecular complexity index is 1370. The second kappa shape index (κ2) is 9.75. The third kappa shape index (κ3) is 5.08. The molecular weight excluding hydrogens is 610 g/mol. The quantitative estimate of drug-likeness (QED) is 0.205. The van der Waals surface area contributed by atoms with E-state index in [-0.39, 0.29) is 22.0 Å². The molecule has 0 saturated heterocycles. The third-order valence-electron chi connectivity index (χ3n) is 5.49. The lowest BCUT2D eigenvalue weighted by atomic mass is 10.1. The van der Waals surface area contributed by atoms with Gasteiger partial charge in [0, 0.05) is 16.1 Å². The van der Waals surface area contributed by atoms with Gasteiger partial charge < -0.3 is 16.4 Å². The summed E-state index contributed by atoms with van der Waals surface area (Å²) in [6.07, 6.45) is 0. The normalized spacial score (nSPS) is 18.1. The maximum absolute atomic E-state index is 14.2. The first-order chi connectivity index (χ1) is 16.4. The number of halogens is 7. The fourth-order valence-corrected chi connectivity index (χ4v) is 5.09. The van der Waals surface area contributed by atoms with Crippen molar-refractivity contribution in [2.75, 3.05) is 16.4 Å². The number of benzene rings is 3. The molecule has 4 N–H and O–H groups in total. The van der Waals surface area contributed by atoms with Crippen LogP contribution < -0.4 is 16.4 Å². The molecule has 12 heteroatoms. The minimum atomic E-state index is -1.35. The van der Waals surface area contributed by atoms with Gasteiger partial charge in [0.2, 0.25) is 5.91 Å². The van der Waals surface area contributed by atoms with Gasteiger partial charge in [-0.3, -0.25) is 9.59 Å². The first kappa shape index (κ1) is 26.0. The van der Waals surface area contributed by atoms with Gasteiger partial charge in [-0.15, -0.1) is 23.2 Å². The lowest BCUT2D eigenvalue weighted by Gasteiger charge is -2.11. The smallest absolute Gasteiger partial charge is 0.257 e. The zero-order valence-electron chi connectivity index (χ0n) is 17.3. The van der Waals surface area contributed by atoms with E-state index >= 15 is 0 Å². The summed E-state index contributed by atoms with van der Waals surface area (Å²) >= 11 is 28.4. The molecule has 0 unspecified atom stereocenters. The molecule has 2 atom stereocenters. The van der Waals surface area contributed by atoms with Crippen molar-refractivity contribution < 1.29 is 18.4 Å². The maximum Gasteiger partial charge on any atom is 0.257 e. The van der Waals surface area contributed by atoms with Crippen molar-refractivity contribution in [1.29, 1.82) is 0 Å². The van der Waals surface area contributed by atoms with Crippen LogP contribution in [0.2, 0.25) is 10.0 Å². The Morgan fingerprint density at radius 3 is 2.37 bits per heavy atom. The highest BCUT2D eigenvalue weighted by Gasteiger charge is 2.67. The number of anilines is 3. The van der Waals surface area contributed by atoms with Crippen LogP contribution in [0.5, 0.6) is 0 Å². The van der Waals surface area contributed by atoms with Crippen LogP contribution in [0, 0.1) is 17.6 Å². The van der Waals surface area contributed by atoms with Crippen molar-refractivity contribution in [2.24, 2.45) is 5.92 Å². The van der Waals surface area contributed by atoms with Crippen molar-refractivity contribution in [1.82, 2.24) is 0 Å². The Balaban J connectivity index is 1.52. The summed E-state index contributed by atoms with van der Waals surface area (Å²) < 4.78 is 26.9. The number of rotatable bonds is 5. The van der Waals surface area contributed by atoms with E-state index < -0.39 is 45.3 Å². The first-order valence-corrected chi connectivity index (χ1v) is 12.2. The lowest BCUT2D eigenvalue weighted by Crippen LogP contribution is -2.18. The number of hydrogen-bond acceptors (Lipinski definition) is 3. The van der Waals surface area contributed by atoms with Crippen LogP contribution in [-0.2, 0) is 4.79 Å². The number of nitrogens with two attached hydrogens (primary N) is 1. The number of nitrogens with one attached hydrogen (secondary N) is 2. The zero-order chi connectivity index (χ0) is 25.7. The van der Waals surface area contributed by atoms with E-state index in [0.29, 0.717) is 15.1 Å². The fourth-order valence-electron chi connectivity index (χ4n) is 3.63. The van der Waals surface area contributed by atoms with Crippen molar-refractivity contribution in [3.8, 4) is 0 Å². The van der Waals surface area contributed by atoms with Crippen molar-refractivity contribution in [2.45, 2.75) is 10.3 Å². The van der Waals surface area contributed by atoms with Gasteiger partial charge in [0.15, 0.2) is 5.82 Å². The molecule has 3 aromatic rings. The highest BCUT2D eigenvalue weighted by atomic mass is 79.9. The van der Waals surface area contributed by atoms with Gasteiger partial charge in [0.1, 0.15) is 15.8 Å². The molecule has 1 aliphatic carbocycles. The Morgan fingerprint density at radius 2 is 1.69 bits per heavy atom. The van der Waals surface area contributed by atoms with Crippen LogP contribution in [0.3, 0.4) is 0 Å². The summed E-state index contributed by atoms with van der Waals surface area (Å²) in [7, 11) is 0. The molecule has 0 spiro atoms. The van der Waals surface area contributed by atoms with E-state index in [1.165, 1.54) is 18.2 Å². The van der Waals surface area contributed by atoms with Crippen LogP contribution in [0.25, 0.3) is 0 Å². The molecule has 0 aromatic heterocycles. The molecular formula is C23H14BrCl4F2N3O2. The first-order valence-electron chi connectivity index (χ1n) is 9.89. The fraction of sp³-hybridized carbons (Fsp3) is 0.130. The molecule has 5 nitrogen and oxygen atoms in total. The van der Waals surface area contributed by atoms with Gasteiger partial charge in [-0.1, -0.05) is 29.3 Å². The van der Waals surface area contributed by atoms with Crippen molar-refractivity contribution >= 4 is 91.2 Å². The minimum absolute atomic E-state index is 0.0360. The topological polar surface area (TPSA) is 84.2 Å². The number of amides is 2. The molecule has 4 rings (SSSR count). The van der Waals surface area contributed by atoms with Crippen LogP contribution in [0.1, 0.15) is 21.8 Å². The zero-order valence-corrected chi connectivity index (χ0v) is 21.9. The molecule has 35 heavy (non-hydrogen) atoms. The monoisotopic (exact) mass is 621 g/mol. The van der Waals surface area contributed by atoms with Gasteiger partial charge in [0.05, 0.1) is 27.2 Å². The minimum Gasteiger partial charge on any atom is -0.394 e. The molecule has 1 saturated carbocycles. The predicted molar refractivity (Wildman–Crippen MR) is 139 cm³/mol. The van der Waals surface area contributed by atoms with E-state index in [4.69, 9.17) is 52.1 Å². The van der Waals surface area contributed by atoms with E-state index in [1.54, 1.807) is 18.2 Å². The van der Waals surface area contributed by atoms with E-state index in [9.17, 15) is 18.4 Å². The van der Waals surface area contributed by atoms with E-state index in [2.05, 4.69) is 26.6 Å². The standard InChI is InChI=1S/C23H14BrCl4F2N3O2/c24-12-3-1-9(7-14(12)26)17-18(23(17,27)28)22(35)32-10-2-4-13(25)11(8-10)21(34)33-16-6-5-15(29)20(31)19(16)30/h1-8,17-18H,31H2,(H,32,35)(H,33,34)/t17-,18+/m1/s1. The number of carbonyl (C=O) groups is 2. The largest absolute Gasteiger partial charge is 0.394 e. The van der Waals surface area contributed by atoms with E-state index in [0.717, 1.165) is 12.1 Å². The number of hydrogen-bond donors (Lipinski definition) is 3. The van der Waals surface area contributed by atoms with Crippen LogP contribution in [0.15, 0.2) is 53.0 Å². The molecule has 2 amide bonds. The van der Waals surface area contributed by atoms with Gasteiger partial charge >= 0.3 is 0 Å². The van der Waals surface area contributed by atoms with Crippen LogP contribution >= 0.6 is 62.3 Å². The molecule has 1 fully saturated rings. The van der Waals surface area contributed by atoms with Gasteiger partial charge in [-0.2, -0.15) is 0 Å². The van der Waals surface area contributed by atoms with Gasteiger partial charge in [0.25, 0.3) is 5.91 Å². The SMILES string of the molecule is Nc1c(F)ccc(NC(=O)c2cc(NC(=O)[C@@H]3[C@@H](c4ccc(Br)c(Cl)c4)C3(Cl)Cl)ccc2Cl)c1F. The van der Waals surface area contributed by atoms with Crippen molar-refractivity contribution in [3.05, 3.63) is 85.8 Å². The average Bonchev–Trinajstić information content (AvgIpc) is 3.39. The second-order valence-electron chi connectivity index (χ2n) is 7.76. The molecule has 3 aromatic carbocycles. The summed E-state index contributed by atoms with van der Waals surface area (Å²) in [6.45, 7) is 0. The van der Waals surface area contributed by atoms with Gasteiger partial charge in [-0.25, -0.2) is 8.78 Å². The summed E-state index contributed by atoms with van der Waals surface area (Å²) in [6, 6.07) is 11.3. The summed E-state index contributed by atoms with van der Waals surface area (Å²) in [4.78, 5) is 25.6. The molecule has 1 aliphatic rings. The Hall–Kier alpha value is -2.10. The molecule has 0 aliphatic heterocycles. The Kier molecular flexibility index (Phi) is 7.23. The highest BCUT2D eigenvalue weighted by molar-refractivity contribution is 9.10. The predicted octanol–water partition coefficient (Wildman–Crippen LogP) is 7.39. The molecule has 0 radical (unpaired) electrons. The molecule has 0 bridgehead atoms. The number of carbonyl (C=O) groups excluding carboxylic acids is 2. The third-order valence-corrected chi connectivity index (χ3v) is 7.99. The number of nitrogen functional groups attached to an aromatic ring is 1. The van der Waals surface area contributed by atoms with E-state index in [1.807, 2.05) is 0 Å². The van der Waals surface area contributed by atoms with Crippen molar-refractivity contribution in [3.63, 3.8) is 0 Å². The van der Waals surface area contributed by atoms with Gasteiger partial charge in [-0.05, 0) is 64.0 Å². The summed E-state index contributed by atoms with van der Waals surface area (Å²) in [5.41, 5.74) is 5.12. The summed E-state index contributed by atoms with van der Waals surface area (Å²) in [5, 5.41) is 5.44. The highest BCUT2D eigenvalue weighted by Crippen LogP contribution is 2.65.